The Balaban J connectivity index is 3.99. The van der Waals surface area contributed by atoms with Gasteiger partial charge in [-0.3, -0.25) is 0 Å². The van der Waals surface area contributed by atoms with Crippen LogP contribution in [0, 0.1) is 0 Å². The summed E-state index contributed by atoms with van der Waals surface area (Å²) in [5.41, 5.74) is -0.465. The lowest BCUT2D eigenvalue weighted by Gasteiger charge is -2.26. The molecule has 0 saturated heterocycles. The highest BCUT2D eigenvalue weighted by atomic mass is 17.2. The van der Waals surface area contributed by atoms with E-state index in [-0.39, 0.29) is 23.4 Å². The molecule has 0 aromatic carbocycles. The van der Waals surface area contributed by atoms with E-state index in [9.17, 15) is 0 Å². The van der Waals surface area contributed by atoms with E-state index in [0.717, 1.165) is 32.1 Å². The highest BCUT2D eigenvalue weighted by molar-refractivity contribution is 4.64. The third kappa shape index (κ3) is 10.2. The Bertz CT molecular complexity index is 264. The van der Waals surface area contributed by atoms with Crippen molar-refractivity contribution in [2.24, 2.45) is 0 Å². The molecule has 0 fully saturated rings. The van der Waals surface area contributed by atoms with Crippen LogP contribution in [0.1, 0.15) is 87.5 Å². The van der Waals surface area contributed by atoms with Crippen molar-refractivity contribution < 1.29 is 19.6 Å². The van der Waals surface area contributed by atoms with Crippen molar-refractivity contribution >= 4 is 0 Å². The lowest BCUT2D eigenvalue weighted by atomic mass is 10.1. The van der Waals surface area contributed by atoms with E-state index in [0.29, 0.717) is 0 Å². The van der Waals surface area contributed by atoms with Crippen LogP contribution in [0.5, 0.6) is 0 Å². The van der Waals surface area contributed by atoms with E-state index in [4.69, 9.17) is 19.6 Å². The molecule has 2 atom stereocenters. The third-order valence-corrected chi connectivity index (χ3v) is 3.90. The fourth-order valence-corrected chi connectivity index (χ4v) is 1.32. The number of rotatable bonds is 12. The highest BCUT2D eigenvalue weighted by Gasteiger charge is 2.21. The maximum absolute atomic E-state index is 5.57. The Kier molecular flexibility index (Phi) is 9.70. The van der Waals surface area contributed by atoms with Crippen LogP contribution < -0.4 is 0 Å². The predicted molar refractivity (Wildman–Crippen MR) is 85.9 cm³/mol. The van der Waals surface area contributed by atoms with Crippen LogP contribution in [0.3, 0.4) is 0 Å². The van der Waals surface area contributed by atoms with Crippen molar-refractivity contribution in [3.05, 3.63) is 0 Å². The summed E-state index contributed by atoms with van der Waals surface area (Å²) < 4.78 is 0. The van der Waals surface area contributed by atoms with Crippen molar-refractivity contribution in [2.75, 3.05) is 0 Å². The van der Waals surface area contributed by atoms with Gasteiger partial charge in [0, 0.05) is 0 Å². The smallest absolute Gasteiger partial charge is 0.0977 e. The largest absolute Gasteiger partial charge is 0.233 e. The van der Waals surface area contributed by atoms with E-state index in [1.165, 1.54) is 0 Å². The molecular weight excluding hydrogens is 268 g/mol. The van der Waals surface area contributed by atoms with Crippen LogP contribution in [0.15, 0.2) is 0 Å². The zero-order valence-electron chi connectivity index (χ0n) is 15.3. The van der Waals surface area contributed by atoms with Crippen molar-refractivity contribution in [3.63, 3.8) is 0 Å². The molecule has 0 heterocycles. The molecular formula is C17H36O4. The summed E-state index contributed by atoms with van der Waals surface area (Å²) in [6.45, 7) is 16.4. The molecule has 0 rings (SSSR count). The van der Waals surface area contributed by atoms with Gasteiger partial charge in [0.25, 0.3) is 0 Å². The molecule has 4 nitrogen and oxygen atoms in total. The maximum Gasteiger partial charge on any atom is 0.0977 e. The molecule has 0 aromatic rings. The number of hydrogen-bond acceptors (Lipinski definition) is 4. The molecule has 0 amide bonds. The molecule has 0 radical (unpaired) electrons. The Morgan fingerprint density at radius 2 is 1.24 bits per heavy atom. The van der Waals surface area contributed by atoms with Crippen molar-refractivity contribution in [1.82, 2.24) is 0 Å². The molecule has 0 saturated carbocycles. The fourth-order valence-electron chi connectivity index (χ4n) is 1.32. The van der Waals surface area contributed by atoms with Gasteiger partial charge in [-0.25, -0.2) is 19.6 Å². The van der Waals surface area contributed by atoms with E-state index in [1.54, 1.807) is 0 Å². The minimum absolute atomic E-state index is 0.0488. The molecule has 0 aliphatic heterocycles. The Hall–Kier alpha value is -0.160. The molecule has 0 spiro atoms. The number of hydrogen-bond donors (Lipinski definition) is 0. The predicted octanol–water partition coefficient (Wildman–Crippen LogP) is 5.21. The van der Waals surface area contributed by atoms with Crippen LogP contribution in [-0.4, -0.2) is 23.4 Å². The summed E-state index contributed by atoms with van der Waals surface area (Å²) in [5.74, 6) is 0. The van der Waals surface area contributed by atoms with Crippen LogP contribution in [0.4, 0.5) is 0 Å². The lowest BCUT2D eigenvalue weighted by Crippen LogP contribution is -2.28. The summed E-state index contributed by atoms with van der Waals surface area (Å²) in [6.07, 6.45) is 4.69. The molecule has 4 heteroatoms. The molecule has 0 N–H and O–H groups in total. The average molecular weight is 304 g/mol. The maximum atomic E-state index is 5.57. The van der Waals surface area contributed by atoms with Gasteiger partial charge in [0.2, 0.25) is 0 Å². The van der Waals surface area contributed by atoms with Gasteiger partial charge in [-0.05, 0) is 66.7 Å². The monoisotopic (exact) mass is 304 g/mol. The van der Waals surface area contributed by atoms with Crippen molar-refractivity contribution in [1.29, 1.82) is 0 Å². The van der Waals surface area contributed by atoms with Gasteiger partial charge in [-0.2, -0.15) is 0 Å². The van der Waals surface area contributed by atoms with Gasteiger partial charge in [0.1, 0.15) is 0 Å². The minimum atomic E-state index is -0.233. The van der Waals surface area contributed by atoms with E-state index in [1.807, 2.05) is 34.6 Å². The lowest BCUT2D eigenvalue weighted by molar-refractivity contribution is -0.386. The molecule has 2 unspecified atom stereocenters. The van der Waals surface area contributed by atoms with Crippen LogP contribution in [0.25, 0.3) is 0 Å². The first-order valence-electron chi connectivity index (χ1n) is 8.34. The summed E-state index contributed by atoms with van der Waals surface area (Å²) in [5, 5.41) is 0. The van der Waals surface area contributed by atoms with Crippen LogP contribution >= 0.6 is 0 Å². The van der Waals surface area contributed by atoms with Gasteiger partial charge >= 0.3 is 0 Å². The first-order valence-corrected chi connectivity index (χ1v) is 8.34. The zero-order valence-corrected chi connectivity index (χ0v) is 15.3. The van der Waals surface area contributed by atoms with Gasteiger partial charge in [-0.15, -0.1) is 0 Å². The molecule has 0 bridgehead atoms. The molecule has 0 aliphatic rings. The normalized spacial score (nSPS) is 16.0. The van der Waals surface area contributed by atoms with E-state index in [2.05, 4.69) is 20.8 Å². The fraction of sp³-hybridized carbons (Fsp3) is 1.00. The SMILES string of the molecule is CCC(CCC(C)OOC(C)(C)CC)OOC(C)(C)CC. The first kappa shape index (κ1) is 20.8. The summed E-state index contributed by atoms with van der Waals surface area (Å²) in [6, 6.07) is 0. The molecule has 0 aliphatic carbocycles. The Morgan fingerprint density at radius 3 is 1.67 bits per heavy atom. The van der Waals surface area contributed by atoms with Crippen molar-refractivity contribution in [2.45, 2.75) is 111 Å². The van der Waals surface area contributed by atoms with E-state index < -0.39 is 0 Å². The van der Waals surface area contributed by atoms with E-state index >= 15 is 0 Å². The second kappa shape index (κ2) is 9.78. The standard InChI is InChI=1S/C17H36O4/c1-9-15(19-21-17(7,8)11-3)13-12-14(4)18-20-16(5,6)10-2/h14-15H,9-13H2,1-8H3. The topological polar surface area (TPSA) is 36.9 Å². The quantitative estimate of drug-likeness (QED) is 0.366. The van der Waals surface area contributed by atoms with Crippen LogP contribution in [0.2, 0.25) is 0 Å². The molecule has 21 heavy (non-hydrogen) atoms. The highest BCUT2D eigenvalue weighted by Crippen LogP contribution is 2.20. The second-order valence-electron chi connectivity index (χ2n) is 7.00. The summed E-state index contributed by atoms with van der Waals surface area (Å²) >= 11 is 0. The zero-order chi connectivity index (χ0) is 16.5. The van der Waals surface area contributed by atoms with Gasteiger partial charge in [0.15, 0.2) is 0 Å². The van der Waals surface area contributed by atoms with Gasteiger partial charge in [0.05, 0.1) is 23.4 Å². The molecule has 0 aromatic heterocycles. The second-order valence-corrected chi connectivity index (χ2v) is 7.00. The van der Waals surface area contributed by atoms with Gasteiger partial charge in [-0.1, -0.05) is 20.8 Å². The minimum Gasteiger partial charge on any atom is -0.233 e. The Labute approximate surface area is 131 Å². The van der Waals surface area contributed by atoms with Gasteiger partial charge < -0.3 is 0 Å². The average Bonchev–Trinajstić information content (AvgIpc) is 2.45. The Morgan fingerprint density at radius 1 is 0.762 bits per heavy atom. The van der Waals surface area contributed by atoms with Crippen LogP contribution in [-0.2, 0) is 19.6 Å². The van der Waals surface area contributed by atoms with Crippen molar-refractivity contribution in [3.8, 4) is 0 Å². The summed E-state index contributed by atoms with van der Waals surface area (Å²) in [4.78, 5) is 22.0. The third-order valence-electron chi connectivity index (χ3n) is 3.90. The first-order chi connectivity index (χ1) is 9.65. The molecule has 128 valence electrons. The summed E-state index contributed by atoms with van der Waals surface area (Å²) in [7, 11) is 0.